The lowest BCUT2D eigenvalue weighted by Gasteiger charge is -2.79. The average Bonchev–Trinajstić information content (AvgIpc) is 3.15. The molecule has 9 rings (SSSR count). The predicted octanol–water partition coefficient (Wildman–Crippen LogP) is 7.14. The van der Waals surface area contributed by atoms with Crippen molar-refractivity contribution in [3.63, 3.8) is 0 Å². The van der Waals surface area contributed by atoms with E-state index in [1.165, 1.54) is 37.7 Å². The average molecular weight is 795 g/mol. The Morgan fingerprint density at radius 1 is 0.877 bits per heavy atom. The summed E-state index contributed by atoms with van der Waals surface area (Å²) in [5.41, 5.74) is -0.477. The van der Waals surface area contributed by atoms with Gasteiger partial charge in [-0.05, 0) is 128 Å². The number of hydrogen-bond donors (Lipinski definition) is 5. The summed E-state index contributed by atoms with van der Waals surface area (Å²) in [4.78, 5) is 26.2. The van der Waals surface area contributed by atoms with E-state index in [0.717, 1.165) is 57.8 Å². The molecule has 17 atom stereocenters. The zero-order valence-electron chi connectivity index (χ0n) is 35.3. The summed E-state index contributed by atoms with van der Waals surface area (Å²) < 4.78 is 18.3. The van der Waals surface area contributed by atoms with E-state index in [1.807, 2.05) is 0 Å². The summed E-state index contributed by atoms with van der Waals surface area (Å²) in [5, 5.41) is 53.6. The Kier molecular flexibility index (Phi) is 9.50. The van der Waals surface area contributed by atoms with Crippen LogP contribution in [-0.4, -0.2) is 88.0 Å². The van der Waals surface area contributed by atoms with Gasteiger partial charge in [0.05, 0.1) is 18.1 Å². The Morgan fingerprint density at radius 3 is 2.30 bits per heavy atom. The zero-order valence-corrected chi connectivity index (χ0v) is 35.3. The normalized spacial score (nSPS) is 53.8. The van der Waals surface area contributed by atoms with Crippen LogP contribution in [0.5, 0.6) is 0 Å². The maximum absolute atomic E-state index is 14.3. The Hall–Kier alpha value is -1.82. The van der Waals surface area contributed by atoms with Crippen LogP contribution in [0.1, 0.15) is 131 Å². The van der Waals surface area contributed by atoms with Gasteiger partial charge in [-0.25, -0.2) is 4.79 Å². The van der Waals surface area contributed by atoms with Crippen LogP contribution >= 0.6 is 0 Å². The Labute approximate surface area is 339 Å². The van der Waals surface area contributed by atoms with Crippen molar-refractivity contribution in [1.29, 1.82) is 0 Å². The lowest BCUT2D eigenvalue weighted by Crippen LogP contribution is -2.74. The molecular formula is C47H70O10. The van der Waals surface area contributed by atoms with Crippen LogP contribution in [0.2, 0.25) is 0 Å². The molecule has 2 bridgehead atoms. The van der Waals surface area contributed by atoms with E-state index >= 15 is 0 Å². The minimum atomic E-state index is -1.76. The number of rotatable bonds is 7. The first-order valence-corrected chi connectivity index (χ1v) is 22.6. The third kappa shape index (κ3) is 5.09. The molecule has 0 radical (unpaired) electrons. The molecule has 1 spiro atoms. The smallest absolute Gasteiger partial charge is 0.335 e. The van der Waals surface area contributed by atoms with E-state index in [1.54, 1.807) is 7.11 Å². The molecule has 0 amide bonds. The number of carboxylic acids is 2. The number of aliphatic hydroxyl groups is 3. The molecule has 318 valence electrons. The van der Waals surface area contributed by atoms with Gasteiger partial charge in [0, 0.05) is 23.9 Å². The van der Waals surface area contributed by atoms with E-state index in [9.17, 15) is 35.1 Å². The molecule has 9 aliphatic rings. The van der Waals surface area contributed by atoms with Crippen LogP contribution in [0.25, 0.3) is 0 Å². The first kappa shape index (κ1) is 40.6. The van der Waals surface area contributed by atoms with E-state index in [0.29, 0.717) is 36.7 Å². The van der Waals surface area contributed by atoms with Crippen LogP contribution in [0.15, 0.2) is 23.8 Å². The largest absolute Gasteiger partial charge is 0.481 e. The van der Waals surface area contributed by atoms with Gasteiger partial charge < -0.3 is 39.7 Å². The molecule has 10 nitrogen and oxygen atoms in total. The predicted molar refractivity (Wildman–Crippen MR) is 212 cm³/mol. The number of methoxy groups -OCH3 is 1. The Bertz CT molecular complexity index is 1700. The second kappa shape index (κ2) is 13.3. The highest BCUT2D eigenvalue weighted by atomic mass is 16.7. The van der Waals surface area contributed by atoms with Crippen molar-refractivity contribution in [2.45, 2.75) is 168 Å². The lowest BCUT2D eigenvalue weighted by molar-refractivity contribution is -0.334. The maximum Gasteiger partial charge on any atom is 0.335 e. The van der Waals surface area contributed by atoms with E-state index in [-0.39, 0.29) is 45.0 Å². The van der Waals surface area contributed by atoms with Gasteiger partial charge in [-0.15, -0.1) is 0 Å². The summed E-state index contributed by atoms with van der Waals surface area (Å²) in [5.74, 6) is -0.243. The van der Waals surface area contributed by atoms with Crippen molar-refractivity contribution >= 4 is 11.9 Å². The molecule has 6 saturated carbocycles. The molecule has 1 heterocycles. The van der Waals surface area contributed by atoms with Gasteiger partial charge >= 0.3 is 11.9 Å². The van der Waals surface area contributed by atoms with Gasteiger partial charge in [0.15, 0.2) is 12.4 Å². The van der Waals surface area contributed by atoms with Crippen LogP contribution in [-0.2, 0) is 23.8 Å². The van der Waals surface area contributed by atoms with Crippen LogP contribution in [0.3, 0.4) is 0 Å². The van der Waals surface area contributed by atoms with Gasteiger partial charge in [-0.3, -0.25) is 4.79 Å². The molecule has 0 aromatic rings. The number of fused-ring (bicyclic) bond motifs is 3. The van der Waals surface area contributed by atoms with Crippen molar-refractivity contribution in [3.8, 4) is 0 Å². The van der Waals surface area contributed by atoms with Gasteiger partial charge in [0.2, 0.25) is 0 Å². The fourth-order valence-corrected chi connectivity index (χ4v) is 17.9. The van der Waals surface area contributed by atoms with Crippen molar-refractivity contribution in [2.75, 3.05) is 13.7 Å². The molecule has 8 aliphatic carbocycles. The molecule has 1 saturated heterocycles. The van der Waals surface area contributed by atoms with Crippen molar-refractivity contribution < 1.29 is 49.3 Å². The number of ether oxygens (including phenoxy) is 3. The van der Waals surface area contributed by atoms with E-state index in [2.05, 4.69) is 52.8 Å². The van der Waals surface area contributed by atoms with Gasteiger partial charge in [0.1, 0.15) is 18.3 Å². The highest BCUT2D eigenvalue weighted by Gasteiger charge is 2.79. The summed E-state index contributed by atoms with van der Waals surface area (Å²) in [7, 11) is 1.75. The fourth-order valence-electron chi connectivity index (χ4n) is 17.9. The zero-order chi connectivity index (χ0) is 40.7. The van der Waals surface area contributed by atoms with Gasteiger partial charge in [-0.2, -0.15) is 0 Å². The SMILES string of the molecule is COCC1CC2(C)CC=CC3(C2)C2=CC4CCC5CC(OC6OC(C(=O)O)C(O)C(O)C6O)C(C)(C)C6CCC(C)(C4C56C)C2(C2CCCCC2)CCC13C(=O)O. The summed E-state index contributed by atoms with van der Waals surface area (Å²) in [6, 6.07) is 0. The van der Waals surface area contributed by atoms with E-state index in [4.69, 9.17) is 14.2 Å². The first-order valence-electron chi connectivity index (χ1n) is 22.6. The second-order valence-corrected chi connectivity index (χ2v) is 22.3. The quantitative estimate of drug-likeness (QED) is 0.132. The monoisotopic (exact) mass is 794 g/mol. The van der Waals surface area contributed by atoms with Gasteiger partial charge in [0.25, 0.3) is 0 Å². The minimum absolute atomic E-state index is 0.0169. The fraction of sp³-hybridized carbons (Fsp3) is 0.872. The van der Waals surface area contributed by atoms with Crippen LogP contribution in [0.4, 0.5) is 0 Å². The highest BCUT2D eigenvalue weighted by molar-refractivity contribution is 5.79. The minimum Gasteiger partial charge on any atom is -0.481 e. The molecule has 17 unspecified atom stereocenters. The standard InChI is InChI=1S/C47H70O10/c1-41(2)30-15-18-43(4)37-26(13-14-28(44(30,37)5)22-32(41)56-39-35(50)33(48)34(49)36(57-39)38(51)52)21-31-45-17-10-16-42(3,25-45)23-29(24-55-6)47(45,40(53)54)20-19-46(31,43)27-11-8-7-9-12-27/h10,17,21,26-30,32-37,39,48-50H,7-9,11-16,18-20,22-25H2,1-6H3,(H,51,52)(H,53,54). The molecule has 5 N–H and O–H groups in total. The Morgan fingerprint density at radius 2 is 1.61 bits per heavy atom. The van der Waals surface area contributed by atoms with Crippen LogP contribution < -0.4 is 0 Å². The molecular weight excluding hydrogens is 725 g/mol. The second-order valence-electron chi connectivity index (χ2n) is 22.3. The molecule has 57 heavy (non-hydrogen) atoms. The number of hydrogen-bond acceptors (Lipinski definition) is 8. The highest BCUT2D eigenvalue weighted by Crippen LogP contribution is 2.84. The summed E-state index contributed by atoms with van der Waals surface area (Å²) >= 11 is 0. The third-order valence-corrected chi connectivity index (χ3v) is 19.8. The summed E-state index contributed by atoms with van der Waals surface area (Å²) in [6.45, 7) is 12.7. The lowest BCUT2D eigenvalue weighted by atomic mass is 9.25. The molecule has 7 fully saturated rings. The molecule has 0 aromatic heterocycles. The van der Waals surface area contributed by atoms with Crippen LogP contribution in [0, 0.1) is 73.4 Å². The number of allylic oxidation sites excluding steroid dienone is 4. The van der Waals surface area contributed by atoms with Crippen molar-refractivity contribution in [3.05, 3.63) is 23.8 Å². The van der Waals surface area contributed by atoms with Crippen molar-refractivity contribution in [1.82, 2.24) is 0 Å². The van der Waals surface area contributed by atoms with Crippen molar-refractivity contribution in [2.24, 2.45) is 73.4 Å². The Balaban J connectivity index is 1.16. The molecule has 10 heteroatoms. The third-order valence-electron chi connectivity index (χ3n) is 19.8. The number of aliphatic hydroxyl groups excluding tert-OH is 3. The van der Waals surface area contributed by atoms with Gasteiger partial charge in [-0.1, -0.05) is 77.7 Å². The maximum atomic E-state index is 14.3. The summed E-state index contributed by atoms with van der Waals surface area (Å²) in [6.07, 6.45) is 14.4. The number of carbonyl (C=O) groups is 2. The first-order chi connectivity index (χ1) is 26.9. The topological polar surface area (TPSA) is 163 Å². The molecule has 0 aromatic carbocycles. The number of carboxylic acid groups (broad SMARTS) is 2. The van der Waals surface area contributed by atoms with E-state index < -0.39 is 53.5 Å². The molecule has 1 aliphatic heterocycles. The number of aliphatic carboxylic acids is 2.